The van der Waals surface area contributed by atoms with Crippen LogP contribution >= 0.6 is 0 Å². The lowest BCUT2D eigenvalue weighted by Crippen LogP contribution is -2.64. The van der Waals surface area contributed by atoms with Crippen molar-refractivity contribution in [2.75, 3.05) is 18.0 Å². The maximum Gasteiger partial charge on any atom is 0.326 e. The van der Waals surface area contributed by atoms with E-state index in [-0.39, 0.29) is 18.4 Å². The van der Waals surface area contributed by atoms with E-state index in [1.807, 2.05) is 65.6 Å². The molecule has 2 fully saturated rings. The molecule has 2 aliphatic rings. The topological polar surface area (TPSA) is 82.1 Å². The first-order valence-electron chi connectivity index (χ1n) is 11.4. The molecule has 1 aliphatic heterocycles. The molecule has 7 nitrogen and oxygen atoms in total. The highest BCUT2D eigenvalue weighted by atomic mass is 16.5. The minimum atomic E-state index is -1.22. The summed E-state index contributed by atoms with van der Waals surface area (Å²) in [5.74, 6) is -0.366. The Labute approximate surface area is 189 Å². The Kier molecular flexibility index (Phi) is 7.39. The molecule has 3 amide bonds. The van der Waals surface area contributed by atoms with Gasteiger partial charge in [-0.05, 0) is 30.5 Å². The number of nitrogens with one attached hydrogen (secondary N) is 1. The average molecular weight is 438 g/mol. The van der Waals surface area contributed by atoms with Gasteiger partial charge >= 0.3 is 6.03 Å². The Morgan fingerprint density at radius 3 is 2.28 bits per heavy atom. The second-order valence-corrected chi connectivity index (χ2v) is 8.45. The van der Waals surface area contributed by atoms with Crippen LogP contribution in [-0.4, -0.2) is 47.5 Å². The van der Waals surface area contributed by atoms with E-state index in [1.54, 1.807) is 0 Å². The molecule has 1 heterocycles. The fourth-order valence-electron chi connectivity index (χ4n) is 4.48. The number of hydrogen-bond acceptors (Lipinski definition) is 5. The van der Waals surface area contributed by atoms with Gasteiger partial charge in [0.15, 0.2) is 12.5 Å². The Balaban J connectivity index is 1.46. The van der Waals surface area contributed by atoms with Gasteiger partial charge in [0.1, 0.15) is 0 Å². The summed E-state index contributed by atoms with van der Waals surface area (Å²) >= 11 is 0. The highest BCUT2D eigenvalue weighted by molar-refractivity contribution is 5.95. The molecule has 0 aromatic heterocycles. The number of nitrogens with zero attached hydrogens (tertiary/aromatic N) is 2. The number of hydrogen-bond donors (Lipinski definition) is 2. The third kappa shape index (κ3) is 5.29. The van der Waals surface area contributed by atoms with Crippen LogP contribution in [0.25, 0.3) is 0 Å². The molecule has 170 valence electrons. The van der Waals surface area contributed by atoms with E-state index in [0.717, 1.165) is 43.4 Å². The molecular formula is C25H31N3O4. The maximum atomic E-state index is 12.9. The van der Waals surface area contributed by atoms with Crippen molar-refractivity contribution in [3.05, 3.63) is 66.2 Å². The molecule has 7 heteroatoms. The van der Waals surface area contributed by atoms with Crippen LogP contribution in [0.5, 0.6) is 0 Å². The van der Waals surface area contributed by atoms with Crippen molar-refractivity contribution >= 4 is 17.6 Å². The van der Waals surface area contributed by atoms with Crippen molar-refractivity contribution in [2.24, 2.45) is 5.92 Å². The van der Waals surface area contributed by atoms with E-state index in [1.165, 1.54) is 4.90 Å². The van der Waals surface area contributed by atoms with Crippen LogP contribution in [0.15, 0.2) is 60.7 Å². The monoisotopic (exact) mass is 437 g/mol. The average Bonchev–Trinajstić information content (AvgIpc) is 2.84. The molecule has 1 aliphatic carbocycles. The van der Waals surface area contributed by atoms with Crippen molar-refractivity contribution in [3.8, 4) is 0 Å². The molecule has 4 rings (SSSR count). The van der Waals surface area contributed by atoms with Crippen molar-refractivity contribution < 1.29 is 19.4 Å². The summed E-state index contributed by atoms with van der Waals surface area (Å²) in [6.07, 6.45) is 2.81. The lowest BCUT2D eigenvalue weighted by Gasteiger charge is -2.45. The Hall–Kier alpha value is -2.90. The van der Waals surface area contributed by atoms with Crippen molar-refractivity contribution in [1.82, 2.24) is 10.2 Å². The number of carbonyl (C=O) groups excluding carboxylic acids is 2. The van der Waals surface area contributed by atoms with E-state index in [9.17, 15) is 14.7 Å². The van der Waals surface area contributed by atoms with Crippen LogP contribution in [0.2, 0.25) is 0 Å². The van der Waals surface area contributed by atoms with E-state index >= 15 is 0 Å². The smallest absolute Gasteiger partial charge is 0.326 e. The number of imide groups is 1. The number of aliphatic hydroxyl groups is 1. The van der Waals surface area contributed by atoms with Crippen LogP contribution < -0.4 is 10.2 Å². The van der Waals surface area contributed by atoms with Gasteiger partial charge < -0.3 is 14.7 Å². The Bertz CT molecular complexity index is 887. The lowest BCUT2D eigenvalue weighted by molar-refractivity contribution is -0.128. The van der Waals surface area contributed by atoms with Gasteiger partial charge in [-0.3, -0.25) is 15.0 Å². The van der Waals surface area contributed by atoms with Gasteiger partial charge in [-0.1, -0.05) is 67.8 Å². The normalized spacial score (nSPS) is 21.9. The number of anilines is 1. The number of piperazine rings is 1. The van der Waals surface area contributed by atoms with Crippen molar-refractivity contribution in [1.29, 1.82) is 0 Å². The van der Waals surface area contributed by atoms with Crippen molar-refractivity contribution in [2.45, 2.75) is 51.2 Å². The zero-order chi connectivity index (χ0) is 22.3. The predicted octanol–water partition coefficient (Wildman–Crippen LogP) is 3.49. The summed E-state index contributed by atoms with van der Waals surface area (Å²) in [6, 6.07) is 18.8. The van der Waals surface area contributed by atoms with Crippen LogP contribution in [0.4, 0.5) is 10.5 Å². The summed E-state index contributed by atoms with van der Waals surface area (Å²) in [5, 5.41) is 13.6. The number of urea groups is 1. The van der Waals surface area contributed by atoms with Crippen LogP contribution in [-0.2, 0) is 16.1 Å². The highest BCUT2D eigenvalue weighted by Crippen LogP contribution is 2.26. The summed E-state index contributed by atoms with van der Waals surface area (Å²) in [7, 11) is 0. The molecule has 32 heavy (non-hydrogen) atoms. The molecule has 0 spiro atoms. The zero-order valence-electron chi connectivity index (χ0n) is 18.2. The third-order valence-electron chi connectivity index (χ3n) is 6.28. The van der Waals surface area contributed by atoms with E-state index in [0.29, 0.717) is 13.2 Å². The first kappa shape index (κ1) is 22.3. The minimum Gasteiger partial charge on any atom is -0.369 e. The number of para-hydroxylation sites is 1. The van der Waals surface area contributed by atoms with Gasteiger partial charge in [0.25, 0.3) is 0 Å². The SMILES string of the molecule is O=C(NC(=O)N1CCN(c2ccccc2)C(OCc2ccccc2)C1O)C1CCCCC1. The maximum absolute atomic E-state index is 12.9. The molecule has 2 aromatic carbocycles. The summed E-state index contributed by atoms with van der Waals surface area (Å²) in [6.45, 7) is 1.05. The summed E-state index contributed by atoms with van der Waals surface area (Å²) in [4.78, 5) is 28.7. The van der Waals surface area contributed by atoms with Crippen LogP contribution in [0, 0.1) is 5.92 Å². The number of carbonyl (C=O) groups is 2. The second-order valence-electron chi connectivity index (χ2n) is 8.45. The van der Waals surface area contributed by atoms with Crippen LogP contribution in [0.1, 0.15) is 37.7 Å². The van der Waals surface area contributed by atoms with Gasteiger partial charge in [-0.25, -0.2) is 4.79 Å². The number of ether oxygens (including phenoxy) is 1. The van der Waals surface area contributed by atoms with E-state index in [2.05, 4.69) is 5.32 Å². The fourth-order valence-corrected chi connectivity index (χ4v) is 4.48. The molecule has 0 bridgehead atoms. The second kappa shape index (κ2) is 10.6. The van der Waals surface area contributed by atoms with Crippen molar-refractivity contribution in [3.63, 3.8) is 0 Å². The quantitative estimate of drug-likeness (QED) is 0.748. The minimum absolute atomic E-state index is 0.124. The van der Waals surface area contributed by atoms with Gasteiger partial charge in [-0.15, -0.1) is 0 Å². The molecule has 2 unspecified atom stereocenters. The fraction of sp³-hybridized carbons (Fsp3) is 0.440. The molecule has 1 saturated carbocycles. The summed E-state index contributed by atoms with van der Waals surface area (Å²) < 4.78 is 6.12. The molecule has 1 saturated heterocycles. The number of amides is 3. The molecule has 2 aromatic rings. The molecule has 2 atom stereocenters. The van der Waals surface area contributed by atoms with E-state index in [4.69, 9.17) is 4.74 Å². The van der Waals surface area contributed by atoms with Gasteiger partial charge in [0.2, 0.25) is 5.91 Å². The van der Waals surface area contributed by atoms with Crippen LogP contribution in [0.3, 0.4) is 0 Å². The molecule has 0 radical (unpaired) electrons. The largest absolute Gasteiger partial charge is 0.369 e. The van der Waals surface area contributed by atoms with Gasteiger partial charge in [0.05, 0.1) is 6.61 Å². The number of benzene rings is 2. The predicted molar refractivity (Wildman–Crippen MR) is 122 cm³/mol. The van der Waals surface area contributed by atoms with Gasteiger partial charge in [0, 0.05) is 24.7 Å². The zero-order valence-corrected chi connectivity index (χ0v) is 18.2. The lowest BCUT2D eigenvalue weighted by atomic mass is 9.89. The standard InChI is InChI=1S/C25H31N3O4/c29-22(20-12-6-2-7-13-20)26-25(31)28-17-16-27(21-14-8-3-9-15-21)24(23(28)30)32-18-19-10-4-1-5-11-19/h1,3-5,8-11,14-15,20,23-24,30H,2,6-7,12-13,16-18H2,(H,26,29,31). The van der Waals surface area contributed by atoms with Gasteiger partial charge in [-0.2, -0.15) is 0 Å². The summed E-state index contributed by atoms with van der Waals surface area (Å²) in [5.41, 5.74) is 1.88. The molecular weight excluding hydrogens is 406 g/mol. The Morgan fingerprint density at radius 1 is 0.938 bits per heavy atom. The third-order valence-corrected chi connectivity index (χ3v) is 6.28. The number of aliphatic hydroxyl groups excluding tert-OH is 1. The molecule has 2 N–H and O–H groups in total. The number of rotatable bonds is 5. The first-order valence-corrected chi connectivity index (χ1v) is 11.4. The van der Waals surface area contributed by atoms with E-state index < -0.39 is 18.5 Å². The first-order chi connectivity index (χ1) is 15.6. The Morgan fingerprint density at radius 2 is 1.59 bits per heavy atom. The highest BCUT2D eigenvalue weighted by Gasteiger charge is 2.39.